The number of anilines is 1. The number of nitro groups is 1. The van der Waals surface area contributed by atoms with E-state index in [4.69, 9.17) is 15.2 Å². The molecule has 0 aliphatic rings. The highest BCUT2D eigenvalue weighted by Gasteiger charge is 2.12. The van der Waals surface area contributed by atoms with Crippen molar-refractivity contribution in [2.24, 2.45) is 0 Å². The van der Waals surface area contributed by atoms with E-state index in [2.05, 4.69) is 15.0 Å². The number of aromatic nitrogens is 3. The second kappa shape index (κ2) is 5.99. The van der Waals surface area contributed by atoms with Crippen molar-refractivity contribution < 1.29 is 14.4 Å². The van der Waals surface area contributed by atoms with Gasteiger partial charge in [-0.25, -0.2) is 0 Å². The second-order valence-electron chi connectivity index (χ2n) is 4.00. The predicted molar refractivity (Wildman–Crippen MR) is 73.3 cm³/mol. The molecule has 1 heterocycles. The maximum atomic E-state index is 10.7. The van der Waals surface area contributed by atoms with E-state index in [0.717, 1.165) is 0 Å². The zero-order valence-corrected chi connectivity index (χ0v) is 11.4. The average Bonchev–Trinajstić information content (AvgIpc) is 2.40. The predicted octanol–water partition coefficient (Wildman–Crippen LogP) is 1.86. The fraction of sp³-hybridized carbons (Fsp3) is 0.250. The molecule has 2 rings (SSSR count). The first kappa shape index (κ1) is 14.4. The van der Waals surface area contributed by atoms with Crippen molar-refractivity contribution in [3.63, 3.8) is 0 Å². The van der Waals surface area contributed by atoms with Crippen LogP contribution in [0, 0.1) is 17.0 Å². The van der Waals surface area contributed by atoms with E-state index in [-0.39, 0.29) is 23.7 Å². The molecule has 9 nitrogen and oxygen atoms in total. The van der Waals surface area contributed by atoms with Crippen LogP contribution in [0.2, 0.25) is 0 Å². The van der Waals surface area contributed by atoms with Gasteiger partial charge in [0.25, 0.3) is 5.69 Å². The minimum atomic E-state index is -0.481. The monoisotopic (exact) mass is 291 g/mol. The lowest BCUT2D eigenvalue weighted by Gasteiger charge is -2.08. The van der Waals surface area contributed by atoms with E-state index in [9.17, 15) is 10.1 Å². The molecule has 9 heteroatoms. The minimum absolute atomic E-state index is 0.0231. The Morgan fingerprint density at radius 3 is 2.62 bits per heavy atom. The van der Waals surface area contributed by atoms with E-state index in [1.807, 2.05) is 0 Å². The molecule has 0 fully saturated rings. The lowest BCUT2D eigenvalue weighted by atomic mass is 10.2. The first-order valence-corrected chi connectivity index (χ1v) is 6.07. The summed E-state index contributed by atoms with van der Waals surface area (Å²) in [6, 6.07) is 4.20. The quantitative estimate of drug-likeness (QED) is 0.653. The number of nitro benzene ring substituents is 1. The van der Waals surface area contributed by atoms with Crippen molar-refractivity contribution in [2.45, 2.75) is 13.8 Å². The molecule has 1 aromatic carbocycles. The summed E-state index contributed by atoms with van der Waals surface area (Å²) in [6.07, 6.45) is 0. The van der Waals surface area contributed by atoms with Gasteiger partial charge in [0.05, 0.1) is 11.5 Å². The molecule has 0 aliphatic heterocycles. The highest BCUT2D eigenvalue weighted by atomic mass is 16.6. The third kappa shape index (κ3) is 3.53. The number of nitrogens with two attached hydrogens (primary N) is 1. The van der Waals surface area contributed by atoms with Crippen LogP contribution in [-0.4, -0.2) is 26.5 Å². The van der Waals surface area contributed by atoms with Gasteiger partial charge < -0.3 is 15.2 Å². The summed E-state index contributed by atoms with van der Waals surface area (Å²) in [4.78, 5) is 21.8. The molecule has 0 atom stereocenters. The summed E-state index contributed by atoms with van der Waals surface area (Å²) >= 11 is 0. The summed E-state index contributed by atoms with van der Waals surface area (Å²) < 4.78 is 10.6. The molecule has 1 aromatic heterocycles. The molecule has 0 spiro atoms. The summed E-state index contributed by atoms with van der Waals surface area (Å²) in [5, 5.41) is 10.7. The van der Waals surface area contributed by atoms with Gasteiger partial charge in [-0.15, -0.1) is 4.98 Å². The number of aryl methyl sites for hydroxylation is 1. The first-order valence-electron chi connectivity index (χ1n) is 6.07. The highest BCUT2D eigenvalue weighted by molar-refractivity contribution is 5.44. The molecule has 0 bridgehead atoms. The molecule has 0 saturated heterocycles. The molecule has 0 unspecified atom stereocenters. The number of hydrogen-bond donors (Lipinski definition) is 1. The van der Waals surface area contributed by atoms with Gasteiger partial charge in [0.15, 0.2) is 0 Å². The molecular formula is C12H13N5O4. The molecule has 110 valence electrons. The number of ether oxygens (including phenoxy) is 2. The van der Waals surface area contributed by atoms with Crippen LogP contribution in [0.25, 0.3) is 0 Å². The molecule has 2 aromatic rings. The lowest BCUT2D eigenvalue weighted by Crippen LogP contribution is -2.05. The standard InChI is InChI=1S/C12H13N5O4/c1-3-20-11-14-10(13)15-12(16-11)21-9-5-4-8(17(18)19)6-7(9)2/h4-6H,3H2,1-2H3,(H2,13,14,15,16). The summed E-state index contributed by atoms with van der Waals surface area (Å²) in [5.41, 5.74) is 6.08. The average molecular weight is 291 g/mol. The zero-order chi connectivity index (χ0) is 15.4. The van der Waals surface area contributed by atoms with E-state index in [1.54, 1.807) is 13.8 Å². The van der Waals surface area contributed by atoms with E-state index in [0.29, 0.717) is 17.9 Å². The summed E-state index contributed by atoms with van der Waals surface area (Å²) in [6.45, 7) is 3.83. The van der Waals surface area contributed by atoms with Gasteiger partial charge >= 0.3 is 12.0 Å². The number of nitrogen functional groups attached to an aromatic ring is 1. The molecule has 0 saturated carbocycles. The van der Waals surface area contributed by atoms with Crippen LogP contribution >= 0.6 is 0 Å². The van der Waals surface area contributed by atoms with E-state index < -0.39 is 4.92 Å². The van der Waals surface area contributed by atoms with Crippen LogP contribution in [0.15, 0.2) is 18.2 Å². The zero-order valence-electron chi connectivity index (χ0n) is 11.4. The Morgan fingerprint density at radius 1 is 1.29 bits per heavy atom. The molecule has 21 heavy (non-hydrogen) atoms. The van der Waals surface area contributed by atoms with Crippen LogP contribution in [0.3, 0.4) is 0 Å². The van der Waals surface area contributed by atoms with Gasteiger partial charge in [-0.1, -0.05) is 0 Å². The molecule has 0 aliphatic carbocycles. The molecular weight excluding hydrogens is 278 g/mol. The lowest BCUT2D eigenvalue weighted by molar-refractivity contribution is -0.384. The minimum Gasteiger partial charge on any atom is -0.464 e. The van der Waals surface area contributed by atoms with Crippen molar-refractivity contribution >= 4 is 11.6 Å². The number of benzene rings is 1. The maximum Gasteiger partial charge on any atom is 0.330 e. The number of rotatable bonds is 5. The van der Waals surface area contributed by atoms with Crippen molar-refractivity contribution in [3.05, 3.63) is 33.9 Å². The van der Waals surface area contributed by atoms with Crippen molar-refractivity contribution in [3.8, 4) is 17.8 Å². The van der Waals surface area contributed by atoms with Crippen LogP contribution in [0.4, 0.5) is 11.6 Å². The third-order valence-corrected chi connectivity index (χ3v) is 2.46. The van der Waals surface area contributed by atoms with Crippen molar-refractivity contribution in [2.75, 3.05) is 12.3 Å². The maximum absolute atomic E-state index is 10.7. The Morgan fingerprint density at radius 2 is 2.00 bits per heavy atom. The van der Waals surface area contributed by atoms with Crippen LogP contribution in [0.1, 0.15) is 12.5 Å². The van der Waals surface area contributed by atoms with Gasteiger partial charge in [-0.05, 0) is 25.5 Å². The number of non-ortho nitro benzene ring substituents is 1. The van der Waals surface area contributed by atoms with E-state index >= 15 is 0 Å². The van der Waals surface area contributed by atoms with Crippen molar-refractivity contribution in [1.29, 1.82) is 0 Å². The molecule has 0 amide bonds. The topological polar surface area (TPSA) is 126 Å². The van der Waals surface area contributed by atoms with Crippen LogP contribution < -0.4 is 15.2 Å². The van der Waals surface area contributed by atoms with Crippen LogP contribution in [-0.2, 0) is 0 Å². The third-order valence-electron chi connectivity index (χ3n) is 2.46. The van der Waals surface area contributed by atoms with Crippen LogP contribution in [0.5, 0.6) is 17.8 Å². The summed E-state index contributed by atoms with van der Waals surface area (Å²) in [7, 11) is 0. The largest absolute Gasteiger partial charge is 0.464 e. The Bertz CT molecular complexity index is 677. The molecule has 0 radical (unpaired) electrons. The first-order chi connectivity index (χ1) is 9.99. The second-order valence-corrected chi connectivity index (χ2v) is 4.00. The van der Waals surface area contributed by atoms with Gasteiger partial charge in [-0.3, -0.25) is 10.1 Å². The molecule has 2 N–H and O–H groups in total. The Labute approximate surface area is 119 Å². The summed E-state index contributed by atoms with van der Waals surface area (Å²) in [5.74, 6) is 0.344. The van der Waals surface area contributed by atoms with Crippen molar-refractivity contribution in [1.82, 2.24) is 15.0 Å². The van der Waals surface area contributed by atoms with Gasteiger partial charge in [0.1, 0.15) is 5.75 Å². The van der Waals surface area contributed by atoms with E-state index in [1.165, 1.54) is 18.2 Å². The fourth-order valence-electron chi connectivity index (χ4n) is 1.55. The Balaban J connectivity index is 2.27. The van der Waals surface area contributed by atoms with Gasteiger partial charge in [-0.2, -0.15) is 9.97 Å². The smallest absolute Gasteiger partial charge is 0.330 e. The SMILES string of the molecule is CCOc1nc(N)nc(Oc2ccc([N+](=O)[O-])cc2C)n1. The highest BCUT2D eigenvalue weighted by Crippen LogP contribution is 2.27. The normalized spacial score (nSPS) is 10.2. The fourth-order valence-corrected chi connectivity index (χ4v) is 1.55. The Kier molecular flexibility index (Phi) is 4.12. The van der Waals surface area contributed by atoms with Gasteiger partial charge in [0.2, 0.25) is 5.95 Å². The number of hydrogen-bond acceptors (Lipinski definition) is 8. The van der Waals surface area contributed by atoms with Gasteiger partial charge in [0, 0.05) is 12.1 Å². The Hall–Kier alpha value is -2.97. The number of nitrogens with zero attached hydrogens (tertiary/aromatic N) is 4.